The number of nitro groups is 1. The fourth-order valence-electron chi connectivity index (χ4n) is 3.33. The molecule has 1 unspecified atom stereocenters. The van der Waals surface area contributed by atoms with Crippen LogP contribution in [0, 0.1) is 24.0 Å². The van der Waals surface area contributed by atoms with E-state index in [1.165, 1.54) is 24.3 Å². The van der Waals surface area contributed by atoms with Gasteiger partial charge in [0.1, 0.15) is 5.76 Å². The van der Waals surface area contributed by atoms with Crippen LogP contribution in [0.1, 0.15) is 46.4 Å². The van der Waals surface area contributed by atoms with E-state index in [1.54, 1.807) is 19.3 Å². The summed E-state index contributed by atoms with van der Waals surface area (Å²) in [5.74, 6) is 0.571. The van der Waals surface area contributed by atoms with Crippen molar-refractivity contribution in [1.82, 2.24) is 14.8 Å². The number of hydrogen-bond acceptors (Lipinski definition) is 8. The molecule has 0 bridgehead atoms. The largest absolute Gasteiger partial charge is 0.467 e. The Morgan fingerprint density at radius 1 is 1.22 bits per heavy atom. The normalized spacial score (nSPS) is 12.0. The van der Waals surface area contributed by atoms with Crippen LogP contribution in [0.25, 0.3) is 11.5 Å². The Morgan fingerprint density at radius 2 is 1.97 bits per heavy atom. The molecule has 3 aromatic heterocycles. The number of hydrogen-bond donors (Lipinski definition) is 0. The van der Waals surface area contributed by atoms with Crippen molar-refractivity contribution in [2.75, 3.05) is 0 Å². The first kappa shape index (κ1) is 21.0. The highest BCUT2D eigenvalue weighted by Crippen LogP contribution is 2.26. The van der Waals surface area contributed by atoms with Gasteiger partial charge in [0, 0.05) is 29.1 Å². The molecular weight excluding hydrogens is 416 g/mol. The predicted molar refractivity (Wildman–Crippen MR) is 112 cm³/mol. The predicted octanol–water partition coefficient (Wildman–Crippen LogP) is 4.62. The van der Waals surface area contributed by atoms with Crippen LogP contribution in [-0.4, -0.2) is 25.7 Å². The van der Waals surface area contributed by atoms with Crippen LogP contribution in [-0.2, 0) is 11.3 Å². The Bertz CT molecular complexity index is 1250. The lowest BCUT2D eigenvalue weighted by molar-refractivity contribution is -0.384. The molecule has 0 fully saturated rings. The number of furan rings is 1. The lowest BCUT2D eigenvalue weighted by Crippen LogP contribution is -2.11. The number of nitro benzene ring substituents is 1. The van der Waals surface area contributed by atoms with E-state index >= 15 is 0 Å². The summed E-state index contributed by atoms with van der Waals surface area (Å²) in [6.07, 6.45) is 0.824. The van der Waals surface area contributed by atoms with E-state index in [-0.39, 0.29) is 17.5 Å². The lowest BCUT2D eigenvalue weighted by Gasteiger charge is -2.10. The van der Waals surface area contributed by atoms with Gasteiger partial charge in [-0.15, -0.1) is 10.2 Å². The van der Waals surface area contributed by atoms with E-state index in [0.717, 1.165) is 17.1 Å². The van der Waals surface area contributed by atoms with E-state index in [0.29, 0.717) is 17.7 Å². The molecule has 1 aromatic carbocycles. The topological polar surface area (TPSA) is 126 Å². The molecule has 1 atom stereocenters. The highest BCUT2D eigenvalue weighted by Gasteiger charge is 2.23. The molecule has 32 heavy (non-hydrogen) atoms. The summed E-state index contributed by atoms with van der Waals surface area (Å²) in [6.45, 7) is 5.89. The van der Waals surface area contributed by atoms with E-state index in [2.05, 4.69) is 10.2 Å². The molecular formula is C22H20N4O6. The average Bonchev–Trinajstić information content (AvgIpc) is 3.52. The van der Waals surface area contributed by atoms with Crippen LogP contribution in [0.5, 0.6) is 0 Å². The second kappa shape index (κ2) is 8.50. The summed E-state index contributed by atoms with van der Waals surface area (Å²) in [6, 6.07) is 11.2. The van der Waals surface area contributed by atoms with Gasteiger partial charge < -0.3 is 18.1 Å². The van der Waals surface area contributed by atoms with Crippen LogP contribution in [0.2, 0.25) is 0 Å². The first-order valence-electron chi connectivity index (χ1n) is 9.82. The maximum atomic E-state index is 12.8. The SMILES string of the molecule is Cc1cc(C(=O)OC(C)c2nnc(-c3ccc([N+](=O)[O-])cc3)o2)c(C)n1Cc1ccco1. The molecule has 0 amide bonds. The number of aromatic nitrogens is 3. The summed E-state index contributed by atoms with van der Waals surface area (Å²) in [5, 5.41) is 18.7. The molecule has 0 aliphatic carbocycles. The van der Waals surface area contributed by atoms with Gasteiger partial charge in [0.05, 0.1) is 23.3 Å². The smallest absolute Gasteiger partial charge is 0.340 e. The summed E-state index contributed by atoms with van der Waals surface area (Å²) < 4.78 is 18.5. The van der Waals surface area contributed by atoms with E-state index in [1.807, 2.05) is 30.5 Å². The van der Waals surface area contributed by atoms with Gasteiger partial charge in [-0.2, -0.15) is 0 Å². The maximum absolute atomic E-state index is 12.8. The summed E-state index contributed by atoms with van der Waals surface area (Å²) in [7, 11) is 0. The molecule has 0 aliphatic heterocycles. The van der Waals surface area contributed by atoms with Crippen LogP contribution in [0.4, 0.5) is 5.69 Å². The third-order valence-electron chi connectivity index (χ3n) is 5.08. The Morgan fingerprint density at radius 3 is 2.62 bits per heavy atom. The van der Waals surface area contributed by atoms with Crippen molar-refractivity contribution in [2.24, 2.45) is 0 Å². The summed E-state index contributed by atoms with van der Waals surface area (Å²) in [4.78, 5) is 23.1. The van der Waals surface area contributed by atoms with E-state index in [4.69, 9.17) is 13.6 Å². The molecule has 4 aromatic rings. The van der Waals surface area contributed by atoms with Gasteiger partial charge in [-0.05, 0) is 51.1 Å². The van der Waals surface area contributed by atoms with Gasteiger partial charge in [-0.3, -0.25) is 10.1 Å². The van der Waals surface area contributed by atoms with Crippen LogP contribution < -0.4 is 0 Å². The zero-order chi connectivity index (χ0) is 22.8. The minimum absolute atomic E-state index is 0.0413. The van der Waals surface area contributed by atoms with Gasteiger partial charge in [0.25, 0.3) is 11.6 Å². The molecule has 4 rings (SSSR count). The van der Waals surface area contributed by atoms with Crippen molar-refractivity contribution < 1.29 is 23.3 Å². The van der Waals surface area contributed by atoms with Crippen LogP contribution in [0.3, 0.4) is 0 Å². The average molecular weight is 436 g/mol. The molecule has 164 valence electrons. The quantitative estimate of drug-likeness (QED) is 0.233. The number of carbonyl (C=O) groups excluding carboxylic acids is 1. The first-order chi connectivity index (χ1) is 15.3. The van der Waals surface area contributed by atoms with Crippen molar-refractivity contribution in [3.63, 3.8) is 0 Å². The number of rotatable bonds is 7. The van der Waals surface area contributed by atoms with Gasteiger partial charge in [-0.1, -0.05) is 0 Å². The first-order valence-corrected chi connectivity index (χ1v) is 9.82. The van der Waals surface area contributed by atoms with Gasteiger partial charge in [-0.25, -0.2) is 4.79 Å². The number of benzene rings is 1. The fourth-order valence-corrected chi connectivity index (χ4v) is 3.33. The minimum Gasteiger partial charge on any atom is -0.467 e. The Balaban J connectivity index is 1.47. The maximum Gasteiger partial charge on any atom is 0.340 e. The summed E-state index contributed by atoms with van der Waals surface area (Å²) in [5.41, 5.74) is 2.58. The van der Waals surface area contributed by atoms with Gasteiger partial charge >= 0.3 is 5.97 Å². The lowest BCUT2D eigenvalue weighted by atomic mass is 10.2. The Kier molecular flexibility index (Phi) is 5.59. The molecule has 0 spiro atoms. The highest BCUT2D eigenvalue weighted by molar-refractivity contribution is 5.91. The standard InChI is InChI=1S/C22H20N4O6/c1-13-11-19(14(2)25(13)12-18-5-4-10-30-18)22(27)31-15(3)20-23-24-21(32-20)16-6-8-17(9-7-16)26(28)29/h4-11,15H,12H2,1-3H3. The van der Waals surface area contributed by atoms with E-state index < -0.39 is 17.0 Å². The molecule has 10 heteroatoms. The van der Waals surface area contributed by atoms with E-state index in [9.17, 15) is 14.9 Å². The minimum atomic E-state index is -0.782. The molecule has 0 aliphatic rings. The van der Waals surface area contributed by atoms with Crippen LogP contribution >= 0.6 is 0 Å². The monoisotopic (exact) mass is 436 g/mol. The summed E-state index contributed by atoms with van der Waals surface area (Å²) >= 11 is 0. The van der Waals surface area contributed by atoms with Crippen LogP contribution in [0.15, 0.2) is 57.6 Å². The number of non-ortho nitro benzene ring substituents is 1. The second-order valence-electron chi connectivity index (χ2n) is 7.25. The zero-order valence-electron chi connectivity index (χ0n) is 17.6. The fraction of sp³-hybridized carbons (Fsp3) is 0.227. The highest BCUT2D eigenvalue weighted by atomic mass is 16.6. The van der Waals surface area contributed by atoms with Crippen molar-refractivity contribution in [3.05, 3.63) is 87.4 Å². The number of ether oxygens (including phenoxy) is 1. The third-order valence-corrected chi connectivity index (χ3v) is 5.08. The Labute approximate surface area is 182 Å². The van der Waals surface area contributed by atoms with Gasteiger partial charge in [0.2, 0.25) is 5.89 Å². The molecule has 0 radical (unpaired) electrons. The van der Waals surface area contributed by atoms with Crippen molar-refractivity contribution >= 4 is 11.7 Å². The number of aryl methyl sites for hydroxylation is 1. The van der Waals surface area contributed by atoms with Gasteiger partial charge in [0.15, 0.2) is 6.10 Å². The molecule has 10 nitrogen and oxygen atoms in total. The van der Waals surface area contributed by atoms with Crippen molar-refractivity contribution in [3.8, 4) is 11.5 Å². The molecule has 0 saturated heterocycles. The van der Waals surface area contributed by atoms with Crippen molar-refractivity contribution in [1.29, 1.82) is 0 Å². The number of nitrogens with zero attached hydrogens (tertiary/aromatic N) is 4. The second-order valence-corrected chi connectivity index (χ2v) is 7.25. The Hall–Kier alpha value is -4.21. The van der Waals surface area contributed by atoms with Crippen molar-refractivity contribution in [2.45, 2.75) is 33.4 Å². The molecule has 0 saturated carbocycles. The number of esters is 1. The third kappa shape index (κ3) is 4.15. The zero-order valence-corrected chi connectivity index (χ0v) is 17.6. The molecule has 0 N–H and O–H groups in total. The molecule has 3 heterocycles. The number of carbonyl (C=O) groups is 1.